The third-order valence-electron chi connectivity index (χ3n) is 14.4. The Bertz CT molecular complexity index is 2270. The maximum atomic E-state index is 14.3. The van der Waals surface area contributed by atoms with E-state index in [2.05, 4.69) is 40.3 Å². The zero-order valence-electron chi connectivity index (χ0n) is 34.6. The molecule has 4 aliphatic rings. The topological polar surface area (TPSA) is 175 Å². The number of nitrogens with zero attached hydrogens (tertiary/aromatic N) is 1. The minimum atomic E-state index is -1.25. The van der Waals surface area contributed by atoms with E-state index < -0.39 is 29.6 Å². The summed E-state index contributed by atoms with van der Waals surface area (Å²) in [5.74, 6) is 7.90. The molecule has 1 aliphatic heterocycles. The molecule has 3 fully saturated rings. The number of phenolic OH excluding ortho intramolecular Hbond substituents is 1. The fourth-order valence-corrected chi connectivity index (χ4v) is 10.8. The molecule has 7 N–H and O–H groups in total. The quantitative estimate of drug-likeness (QED) is 0.0890. The van der Waals surface area contributed by atoms with Crippen LogP contribution >= 0.6 is 0 Å². The fourth-order valence-electron chi connectivity index (χ4n) is 10.8. The maximum absolute atomic E-state index is 14.3. The number of aliphatic hydroxyl groups is 3. The van der Waals surface area contributed by atoms with Crippen LogP contribution in [0.4, 0.5) is 5.82 Å². The number of aryl methyl sites for hydroxylation is 1. The lowest BCUT2D eigenvalue weighted by molar-refractivity contribution is -0.134. The lowest BCUT2D eigenvalue weighted by Gasteiger charge is -2.42. The van der Waals surface area contributed by atoms with Gasteiger partial charge in [0.25, 0.3) is 0 Å². The van der Waals surface area contributed by atoms with Gasteiger partial charge in [0.1, 0.15) is 17.0 Å². The van der Waals surface area contributed by atoms with Gasteiger partial charge in [-0.2, -0.15) is 0 Å². The van der Waals surface area contributed by atoms with Crippen molar-refractivity contribution in [2.24, 2.45) is 23.2 Å². The van der Waals surface area contributed by atoms with Gasteiger partial charge in [-0.15, -0.1) is 0 Å². The number of rotatable bonds is 11. The van der Waals surface area contributed by atoms with Crippen molar-refractivity contribution in [3.63, 3.8) is 0 Å². The van der Waals surface area contributed by atoms with Crippen molar-refractivity contribution in [1.82, 2.24) is 10.3 Å². The molecular weight excluding hydrogens is 755 g/mol. The largest absolute Gasteiger partial charge is 0.504 e. The van der Waals surface area contributed by atoms with E-state index in [1.54, 1.807) is 24.4 Å². The number of nitrogen functional groups attached to an aromatic ring is 1. The number of carbonyl (C=O) groups excluding carboxylic acids is 2. The molecule has 0 unspecified atom stereocenters. The molecule has 316 valence electrons. The number of methoxy groups -OCH3 is 1. The number of ketones is 2. The Morgan fingerprint density at radius 3 is 2.53 bits per heavy atom. The number of phenols is 1. The number of carbonyl (C=O) groups is 2. The number of hydrogen-bond donors (Lipinski definition) is 6. The van der Waals surface area contributed by atoms with Gasteiger partial charge in [0.2, 0.25) is 0 Å². The van der Waals surface area contributed by atoms with Crippen molar-refractivity contribution in [3.05, 3.63) is 95.2 Å². The molecule has 0 bridgehead atoms. The lowest BCUT2D eigenvalue weighted by Crippen LogP contribution is -2.49. The number of Topliss-reactive ketones (excluding diaryl/α,β-unsaturated/α-hetero) is 2. The van der Waals surface area contributed by atoms with E-state index >= 15 is 0 Å². The van der Waals surface area contributed by atoms with Crippen LogP contribution in [-0.4, -0.2) is 75.0 Å². The molecule has 1 aromatic heterocycles. The highest BCUT2D eigenvalue weighted by Gasteiger charge is 2.48. The summed E-state index contributed by atoms with van der Waals surface area (Å²) in [7, 11) is 1.48. The third kappa shape index (κ3) is 8.96. The van der Waals surface area contributed by atoms with E-state index in [0.29, 0.717) is 67.1 Å². The summed E-state index contributed by atoms with van der Waals surface area (Å²) in [6.07, 6.45) is 6.22. The van der Waals surface area contributed by atoms with E-state index in [1.807, 2.05) is 30.3 Å². The minimum Gasteiger partial charge on any atom is -0.504 e. The van der Waals surface area contributed by atoms with Gasteiger partial charge in [0, 0.05) is 43.3 Å². The average molecular weight is 814 g/mol. The monoisotopic (exact) mass is 813 g/mol. The Kier molecular flexibility index (Phi) is 12.6. The molecule has 3 aromatic carbocycles. The summed E-state index contributed by atoms with van der Waals surface area (Å²) >= 11 is 0. The van der Waals surface area contributed by atoms with Gasteiger partial charge in [0.05, 0.1) is 25.4 Å². The number of hydrogen-bond acceptors (Lipinski definition) is 10. The van der Waals surface area contributed by atoms with Crippen molar-refractivity contribution < 1.29 is 34.8 Å². The molecule has 10 atom stereocenters. The van der Waals surface area contributed by atoms with Crippen molar-refractivity contribution >= 4 is 28.2 Å². The molecule has 1 spiro atoms. The van der Waals surface area contributed by atoms with Crippen molar-refractivity contribution in [2.45, 2.75) is 120 Å². The SMILES string of the molecule is COc1cc2c(cc1O)[C@@H](C[C@H](O)[C@H](O)C[C@H](c1ccnc(N)c1)c1ccc3ccccc3c1)C#C[C@]1(CC[C@@H](CC[C@H]3CN[C@@H]4CC(=O)CC[C@@H]4C3)C[C@H]1O)C(=O)CC2. The molecule has 0 radical (unpaired) electrons. The van der Waals surface area contributed by atoms with Crippen molar-refractivity contribution in [3.8, 4) is 23.3 Å². The summed E-state index contributed by atoms with van der Waals surface area (Å²) < 4.78 is 5.46. The van der Waals surface area contributed by atoms with Gasteiger partial charge in [-0.3, -0.25) is 9.59 Å². The first-order valence-electron chi connectivity index (χ1n) is 21.9. The Morgan fingerprint density at radius 2 is 1.73 bits per heavy atom. The molecule has 3 aliphatic carbocycles. The number of fused-ring (bicyclic) bond motifs is 3. The molecule has 1 saturated heterocycles. The maximum Gasteiger partial charge on any atom is 0.160 e. The zero-order chi connectivity index (χ0) is 42.0. The van der Waals surface area contributed by atoms with Gasteiger partial charge in [-0.1, -0.05) is 60.7 Å². The highest BCUT2D eigenvalue weighted by molar-refractivity contribution is 5.89. The Morgan fingerprint density at radius 1 is 0.933 bits per heavy atom. The first kappa shape index (κ1) is 41.9. The molecule has 0 amide bonds. The smallest absolute Gasteiger partial charge is 0.160 e. The Hall–Kier alpha value is -4.79. The molecule has 4 aromatic rings. The minimum absolute atomic E-state index is 0.0320. The normalized spacial score (nSPS) is 28.3. The van der Waals surface area contributed by atoms with Crippen molar-refractivity contribution in [1.29, 1.82) is 0 Å². The number of aromatic hydroxyl groups is 1. The van der Waals surface area contributed by atoms with Crippen LogP contribution in [0.1, 0.15) is 111 Å². The first-order valence-corrected chi connectivity index (χ1v) is 21.9. The van der Waals surface area contributed by atoms with Gasteiger partial charge < -0.3 is 36.2 Å². The van der Waals surface area contributed by atoms with Gasteiger partial charge >= 0.3 is 0 Å². The predicted molar refractivity (Wildman–Crippen MR) is 231 cm³/mol. The van der Waals surface area contributed by atoms with Gasteiger partial charge in [0.15, 0.2) is 17.3 Å². The van der Waals surface area contributed by atoms with E-state index in [9.17, 15) is 30.0 Å². The molecule has 2 saturated carbocycles. The van der Waals surface area contributed by atoms with Gasteiger partial charge in [-0.25, -0.2) is 4.98 Å². The summed E-state index contributed by atoms with van der Waals surface area (Å²) in [6.45, 7) is 0.920. The highest BCUT2D eigenvalue weighted by atomic mass is 16.5. The van der Waals surface area contributed by atoms with E-state index in [0.717, 1.165) is 66.1 Å². The summed E-state index contributed by atoms with van der Waals surface area (Å²) in [5, 5.41) is 52.4. The standard InChI is InChI=1S/C50H59N3O7/c1-60-46-24-35-11-13-47(58)50(17-14-30(21-48(50)59)6-7-31-20-38-10-12-39(54)26-42(38)53-29-31)18-15-36(41(35)28-45(46)57)23-43(55)44(56)27-40(37-16-19-52-49(51)25-37)34-9-8-32-4-2-3-5-33(32)22-34/h2-5,8-9,16,19,22,24-25,28,30-31,36,38,40,42-44,48,53,55-57,59H,6-7,10-14,17,20-21,23,26-27,29H2,1H3,(H2,51,52)/t30-,31-,36-,38-,40+,42-,43+,44-,48-,50-/m1/s1. The highest BCUT2D eigenvalue weighted by Crippen LogP contribution is 2.45. The summed E-state index contributed by atoms with van der Waals surface area (Å²) in [5.41, 5.74) is 8.15. The molecular formula is C50H59N3O7. The van der Waals surface area contributed by atoms with Crippen LogP contribution in [-0.2, 0) is 16.0 Å². The van der Waals surface area contributed by atoms with Crippen LogP contribution in [0, 0.1) is 35.0 Å². The van der Waals surface area contributed by atoms with Crippen LogP contribution in [0.25, 0.3) is 10.8 Å². The number of aliphatic hydroxyl groups excluding tert-OH is 3. The predicted octanol–water partition coefficient (Wildman–Crippen LogP) is 6.74. The lowest BCUT2D eigenvalue weighted by atomic mass is 9.64. The molecule has 60 heavy (non-hydrogen) atoms. The Balaban J connectivity index is 1.02. The summed E-state index contributed by atoms with van der Waals surface area (Å²) in [6, 6.07) is 21.6. The second-order valence-electron chi connectivity index (χ2n) is 18.1. The van der Waals surface area contributed by atoms with Crippen LogP contribution in [0.2, 0.25) is 0 Å². The first-order chi connectivity index (χ1) is 29.0. The number of benzene rings is 3. The van der Waals surface area contributed by atoms with Crippen molar-refractivity contribution in [2.75, 3.05) is 19.4 Å². The second-order valence-corrected chi connectivity index (χ2v) is 18.1. The van der Waals surface area contributed by atoms with Crippen LogP contribution in [0.5, 0.6) is 11.5 Å². The van der Waals surface area contributed by atoms with Crippen LogP contribution in [0.15, 0.2) is 72.9 Å². The van der Waals surface area contributed by atoms with E-state index in [-0.39, 0.29) is 48.4 Å². The summed E-state index contributed by atoms with van der Waals surface area (Å²) in [4.78, 5) is 30.4. The van der Waals surface area contributed by atoms with E-state index in [4.69, 9.17) is 10.5 Å². The number of piperidine rings is 1. The van der Waals surface area contributed by atoms with E-state index in [1.165, 1.54) is 7.11 Å². The number of nitrogens with two attached hydrogens (primary N) is 1. The number of nitrogens with one attached hydrogen (secondary N) is 1. The van der Waals surface area contributed by atoms with Crippen LogP contribution in [0.3, 0.4) is 0 Å². The fraction of sp³-hybridized carbons (Fsp3) is 0.500. The number of anilines is 1. The van der Waals surface area contributed by atoms with Gasteiger partial charge in [-0.05, 0) is 139 Å². The molecule has 8 rings (SSSR count). The molecule has 10 heteroatoms. The van der Waals surface area contributed by atoms with Crippen LogP contribution < -0.4 is 15.8 Å². The molecule has 10 nitrogen and oxygen atoms in total. The average Bonchev–Trinajstić information content (AvgIpc) is 3.30. The number of aromatic nitrogens is 1. The Labute approximate surface area is 353 Å². The number of ether oxygens (including phenoxy) is 1. The second kappa shape index (κ2) is 18.1. The third-order valence-corrected chi connectivity index (χ3v) is 14.4. The zero-order valence-corrected chi connectivity index (χ0v) is 34.6. The number of pyridine rings is 1. The molecule has 2 heterocycles.